The van der Waals surface area contributed by atoms with E-state index in [0.717, 1.165) is 12.1 Å². The van der Waals surface area contributed by atoms with Crippen LogP contribution in [0.1, 0.15) is 46.6 Å². The van der Waals surface area contributed by atoms with Crippen molar-refractivity contribution in [3.8, 4) is 6.07 Å². The topological polar surface area (TPSA) is 35.8 Å². The average molecular weight is 230 g/mol. The quantitative estimate of drug-likeness (QED) is 0.845. The van der Waals surface area contributed by atoms with Gasteiger partial charge in [0.25, 0.3) is 0 Å². The number of nitrogens with one attached hydrogen (secondary N) is 1. The van der Waals surface area contributed by atoms with Gasteiger partial charge in [-0.2, -0.15) is 5.26 Å². The van der Waals surface area contributed by atoms with Gasteiger partial charge in [-0.1, -0.05) is 32.9 Å². The molecule has 0 atom stereocenters. The maximum Gasteiger partial charge on any atom is 0.101 e. The smallest absolute Gasteiger partial charge is 0.101 e. The summed E-state index contributed by atoms with van der Waals surface area (Å²) >= 11 is 0. The fourth-order valence-corrected chi connectivity index (χ4v) is 2.42. The van der Waals surface area contributed by atoms with Crippen molar-refractivity contribution in [2.24, 2.45) is 5.41 Å². The SMILES string of the molecule is CC(C)(C)CC(C)(C)Nc1ccccc1C#N. The van der Waals surface area contributed by atoms with Crippen LogP contribution < -0.4 is 5.32 Å². The molecule has 0 radical (unpaired) electrons. The maximum atomic E-state index is 9.06. The Hall–Kier alpha value is -1.49. The van der Waals surface area contributed by atoms with Gasteiger partial charge in [-0.05, 0) is 37.8 Å². The first-order valence-corrected chi connectivity index (χ1v) is 6.01. The molecule has 0 spiro atoms. The third kappa shape index (κ3) is 4.48. The van der Waals surface area contributed by atoms with E-state index >= 15 is 0 Å². The van der Waals surface area contributed by atoms with E-state index in [-0.39, 0.29) is 11.0 Å². The van der Waals surface area contributed by atoms with Gasteiger partial charge in [-0.3, -0.25) is 0 Å². The van der Waals surface area contributed by atoms with E-state index in [1.165, 1.54) is 0 Å². The van der Waals surface area contributed by atoms with Crippen molar-refractivity contribution in [2.45, 2.75) is 46.6 Å². The first-order valence-electron chi connectivity index (χ1n) is 6.01. The highest BCUT2D eigenvalue weighted by atomic mass is 15.0. The van der Waals surface area contributed by atoms with E-state index in [1.54, 1.807) is 0 Å². The number of anilines is 1. The highest BCUT2D eigenvalue weighted by Crippen LogP contribution is 2.30. The monoisotopic (exact) mass is 230 g/mol. The van der Waals surface area contributed by atoms with Crippen LogP contribution in [0.15, 0.2) is 24.3 Å². The van der Waals surface area contributed by atoms with Crippen molar-refractivity contribution >= 4 is 5.69 Å². The molecule has 0 saturated carbocycles. The standard InChI is InChI=1S/C15H22N2/c1-14(2,3)11-15(4,5)17-13-9-7-6-8-12(13)10-16/h6-9,17H,11H2,1-5H3. The van der Waals surface area contributed by atoms with Crippen LogP contribution in [0.5, 0.6) is 0 Å². The summed E-state index contributed by atoms with van der Waals surface area (Å²) in [5, 5.41) is 12.5. The van der Waals surface area contributed by atoms with Crippen LogP contribution in [-0.2, 0) is 0 Å². The van der Waals surface area contributed by atoms with Gasteiger partial charge in [0.15, 0.2) is 0 Å². The van der Waals surface area contributed by atoms with E-state index in [1.807, 2.05) is 24.3 Å². The predicted octanol–water partition coefficient (Wildman–Crippen LogP) is 4.18. The third-order valence-electron chi connectivity index (χ3n) is 2.49. The van der Waals surface area contributed by atoms with E-state index < -0.39 is 0 Å². The lowest BCUT2D eigenvalue weighted by Crippen LogP contribution is -2.35. The molecule has 0 unspecified atom stereocenters. The fraction of sp³-hybridized carbons (Fsp3) is 0.533. The first kappa shape index (κ1) is 13.6. The lowest BCUT2D eigenvalue weighted by atomic mass is 9.81. The molecule has 0 amide bonds. The molecule has 0 saturated heterocycles. The van der Waals surface area contributed by atoms with Gasteiger partial charge in [0.2, 0.25) is 0 Å². The summed E-state index contributed by atoms with van der Waals surface area (Å²) in [6, 6.07) is 9.87. The molecule has 0 aliphatic rings. The Labute approximate surface area is 105 Å². The molecule has 0 fully saturated rings. The van der Waals surface area contributed by atoms with Gasteiger partial charge >= 0.3 is 0 Å². The summed E-state index contributed by atoms with van der Waals surface area (Å²) in [6.45, 7) is 11.0. The molecule has 1 N–H and O–H groups in total. The van der Waals surface area contributed by atoms with Crippen molar-refractivity contribution in [1.82, 2.24) is 0 Å². The van der Waals surface area contributed by atoms with Crippen molar-refractivity contribution in [3.63, 3.8) is 0 Å². The van der Waals surface area contributed by atoms with Crippen molar-refractivity contribution in [1.29, 1.82) is 5.26 Å². The Bertz CT molecular complexity index is 419. The van der Waals surface area contributed by atoms with Crippen LogP contribution in [0.4, 0.5) is 5.69 Å². The van der Waals surface area contributed by atoms with Gasteiger partial charge in [-0.25, -0.2) is 0 Å². The molecule has 0 heterocycles. The van der Waals surface area contributed by atoms with Gasteiger partial charge in [0.1, 0.15) is 6.07 Å². The summed E-state index contributed by atoms with van der Waals surface area (Å²) in [5.74, 6) is 0. The summed E-state index contributed by atoms with van der Waals surface area (Å²) in [6.07, 6.45) is 1.04. The van der Waals surface area contributed by atoms with Gasteiger partial charge in [0, 0.05) is 5.54 Å². The van der Waals surface area contributed by atoms with Gasteiger partial charge < -0.3 is 5.32 Å². The predicted molar refractivity (Wildman–Crippen MR) is 72.9 cm³/mol. The van der Waals surface area contributed by atoms with Crippen molar-refractivity contribution < 1.29 is 0 Å². The lowest BCUT2D eigenvalue weighted by molar-refractivity contribution is 0.302. The molecule has 0 aliphatic heterocycles. The molecule has 92 valence electrons. The molecule has 1 aromatic rings. The maximum absolute atomic E-state index is 9.06. The molecule has 0 bridgehead atoms. The molecule has 2 nitrogen and oxygen atoms in total. The zero-order chi connectivity index (χ0) is 13.1. The van der Waals surface area contributed by atoms with Crippen LogP contribution in [0.25, 0.3) is 0 Å². The van der Waals surface area contributed by atoms with Crippen LogP contribution in [0.2, 0.25) is 0 Å². The summed E-state index contributed by atoms with van der Waals surface area (Å²) in [4.78, 5) is 0. The number of rotatable bonds is 3. The molecule has 2 heteroatoms. The van der Waals surface area contributed by atoms with Crippen LogP contribution in [-0.4, -0.2) is 5.54 Å². The normalized spacial score (nSPS) is 12.0. The molecule has 1 aromatic carbocycles. The number of nitrogens with zero attached hydrogens (tertiary/aromatic N) is 1. The molecule has 17 heavy (non-hydrogen) atoms. The van der Waals surface area contributed by atoms with E-state index in [2.05, 4.69) is 46.0 Å². The van der Waals surface area contributed by atoms with Gasteiger partial charge in [-0.15, -0.1) is 0 Å². The zero-order valence-electron chi connectivity index (χ0n) is 11.5. The summed E-state index contributed by atoms with van der Waals surface area (Å²) in [5.41, 5.74) is 1.86. The molecule has 0 aromatic heterocycles. The van der Waals surface area contributed by atoms with Crippen LogP contribution in [0.3, 0.4) is 0 Å². The second-order valence-electron chi connectivity index (χ2n) is 6.40. The Morgan fingerprint density at radius 2 is 1.71 bits per heavy atom. The third-order valence-corrected chi connectivity index (χ3v) is 2.49. The molecular formula is C15H22N2. The number of hydrogen-bond acceptors (Lipinski definition) is 2. The highest BCUT2D eigenvalue weighted by molar-refractivity contribution is 5.58. The molecular weight excluding hydrogens is 208 g/mol. The lowest BCUT2D eigenvalue weighted by Gasteiger charge is -2.34. The summed E-state index contributed by atoms with van der Waals surface area (Å²) < 4.78 is 0. The Kier molecular flexibility index (Phi) is 3.83. The highest BCUT2D eigenvalue weighted by Gasteiger charge is 2.25. The largest absolute Gasteiger partial charge is 0.379 e. The van der Waals surface area contributed by atoms with E-state index in [0.29, 0.717) is 5.56 Å². The Morgan fingerprint density at radius 1 is 1.12 bits per heavy atom. The number of benzene rings is 1. The number of hydrogen-bond donors (Lipinski definition) is 1. The molecule has 0 aliphatic carbocycles. The summed E-state index contributed by atoms with van der Waals surface area (Å²) in [7, 11) is 0. The first-order chi connectivity index (χ1) is 7.73. The van der Waals surface area contributed by atoms with Crippen LogP contribution in [0, 0.1) is 16.7 Å². The average Bonchev–Trinajstić information content (AvgIpc) is 2.14. The van der Waals surface area contributed by atoms with Crippen molar-refractivity contribution in [3.05, 3.63) is 29.8 Å². The minimum absolute atomic E-state index is 0.0226. The second kappa shape index (κ2) is 4.79. The zero-order valence-corrected chi connectivity index (χ0v) is 11.5. The van der Waals surface area contributed by atoms with E-state index in [9.17, 15) is 0 Å². The van der Waals surface area contributed by atoms with Gasteiger partial charge in [0.05, 0.1) is 11.3 Å². The number of nitriles is 1. The fourth-order valence-electron chi connectivity index (χ4n) is 2.42. The Morgan fingerprint density at radius 3 is 2.24 bits per heavy atom. The van der Waals surface area contributed by atoms with Crippen LogP contribution >= 0.6 is 0 Å². The number of para-hydroxylation sites is 1. The Balaban J connectivity index is 2.87. The minimum Gasteiger partial charge on any atom is -0.379 e. The molecule has 1 rings (SSSR count). The second-order valence-corrected chi connectivity index (χ2v) is 6.40. The van der Waals surface area contributed by atoms with E-state index in [4.69, 9.17) is 5.26 Å². The van der Waals surface area contributed by atoms with Crippen molar-refractivity contribution in [2.75, 3.05) is 5.32 Å². The minimum atomic E-state index is -0.0226.